The maximum atomic E-state index is 4.60. The quantitative estimate of drug-likeness (QED) is 0.764. The van der Waals surface area contributed by atoms with Gasteiger partial charge in [-0.05, 0) is 49.2 Å². The maximum Gasteiger partial charge on any atom is 0.187 e. The van der Waals surface area contributed by atoms with Crippen LogP contribution in [0.1, 0.15) is 11.1 Å². The second-order valence-electron chi connectivity index (χ2n) is 4.78. The Morgan fingerprint density at radius 3 is 2.60 bits per heavy atom. The molecule has 2 aromatic heterocycles. The van der Waals surface area contributed by atoms with Crippen molar-refractivity contribution in [3.05, 3.63) is 59.2 Å². The van der Waals surface area contributed by atoms with Crippen LogP contribution in [0.25, 0.3) is 11.3 Å². The lowest BCUT2D eigenvalue weighted by molar-refractivity contribution is 1.30. The van der Waals surface area contributed by atoms with E-state index in [0.717, 1.165) is 22.1 Å². The van der Waals surface area contributed by atoms with Gasteiger partial charge < -0.3 is 5.32 Å². The summed E-state index contributed by atoms with van der Waals surface area (Å²) in [5.41, 5.74) is 5.56. The lowest BCUT2D eigenvalue weighted by Crippen LogP contribution is -1.91. The van der Waals surface area contributed by atoms with E-state index in [1.807, 2.05) is 23.7 Å². The number of benzene rings is 1. The van der Waals surface area contributed by atoms with E-state index in [2.05, 4.69) is 47.3 Å². The number of aryl methyl sites for hydroxylation is 2. The summed E-state index contributed by atoms with van der Waals surface area (Å²) >= 11 is 1.60. The minimum Gasteiger partial charge on any atom is -0.332 e. The minimum atomic E-state index is 0.897. The fourth-order valence-corrected chi connectivity index (χ4v) is 2.89. The molecule has 3 nitrogen and oxygen atoms in total. The van der Waals surface area contributed by atoms with Crippen LogP contribution in [-0.2, 0) is 0 Å². The van der Waals surface area contributed by atoms with Crippen LogP contribution >= 0.6 is 11.3 Å². The maximum absolute atomic E-state index is 4.60. The highest BCUT2D eigenvalue weighted by Crippen LogP contribution is 2.27. The van der Waals surface area contributed by atoms with E-state index in [1.165, 1.54) is 11.1 Å². The smallest absolute Gasteiger partial charge is 0.187 e. The van der Waals surface area contributed by atoms with Crippen molar-refractivity contribution < 1.29 is 0 Å². The predicted octanol–water partition coefficient (Wildman–Crippen LogP) is 4.57. The van der Waals surface area contributed by atoms with Crippen molar-refractivity contribution in [1.82, 2.24) is 9.97 Å². The number of rotatable bonds is 3. The molecule has 0 unspecified atom stereocenters. The van der Waals surface area contributed by atoms with Crippen molar-refractivity contribution in [2.24, 2.45) is 0 Å². The molecule has 0 saturated carbocycles. The zero-order valence-electron chi connectivity index (χ0n) is 11.4. The van der Waals surface area contributed by atoms with Crippen molar-refractivity contribution in [1.29, 1.82) is 0 Å². The number of nitrogens with one attached hydrogen (secondary N) is 1. The number of pyridine rings is 1. The first-order valence-corrected chi connectivity index (χ1v) is 7.30. The zero-order chi connectivity index (χ0) is 13.9. The molecule has 100 valence electrons. The first kappa shape index (κ1) is 12.8. The minimum absolute atomic E-state index is 0.897. The molecule has 0 saturated heterocycles. The second-order valence-corrected chi connectivity index (χ2v) is 5.64. The Morgan fingerprint density at radius 1 is 1.10 bits per heavy atom. The summed E-state index contributed by atoms with van der Waals surface area (Å²) < 4.78 is 0. The summed E-state index contributed by atoms with van der Waals surface area (Å²) in [6.45, 7) is 4.20. The molecular weight excluding hydrogens is 266 g/mol. The molecule has 0 bridgehead atoms. The van der Waals surface area contributed by atoms with E-state index in [0.29, 0.717) is 0 Å². The van der Waals surface area contributed by atoms with Gasteiger partial charge in [0, 0.05) is 29.0 Å². The van der Waals surface area contributed by atoms with Crippen LogP contribution in [0.3, 0.4) is 0 Å². The molecule has 1 N–H and O–H groups in total. The first-order chi connectivity index (χ1) is 9.70. The molecule has 0 spiro atoms. The molecule has 0 atom stereocenters. The van der Waals surface area contributed by atoms with Crippen LogP contribution in [0.5, 0.6) is 0 Å². The Balaban J connectivity index is 1.84. The molecule has 3 aromatic rings. The largest absolute Gasteiger partial charge is 0.332 e. The lowest BCUT2D eigenvalue weighted by atomic mass is 10.1. The van der Waals surface area contributed by atoms with Gasteiger partial charge in [-0.15, -0.1) is 11.3 Å². The number of thiazole rings is 1. The highest BCUT2D eigenvalue weighted by atomic mass is 32.1. The molecule has 2 heterocycles. The van der Waals surface area contributed by atoms with Gasteiger partial charge in [-0.3, -0.25) is 4.98 Å². The van der Waals surface area contributed by atoms with Gasteiger partial charge in [0.15, 0.2) is 5.13 Å². The van der Waals surface area contributed by atoms with Crippen molar-refractivity contribution in [3.63, 3.8) is 0 Å². The van der Waals surface area contributed by atoms with Gasteiger partial charge in [0.25, 0.3) is 0 Å². The second kappa shape index (κ2) is 5.43. The molecule has 0 fully saturated rings. The monoisotopic (exact) mass is 281 g/mol. The summed E-state index contributed by atoms with van der Waals surface area (Å²) in [7, 11) is 0. The first-order valence-electron chi connectivity index (χ1n) is 6.42. The normalized spacial score (nSPS) is 10.5. The molecule has 0 aliphatic rings. The Bertz CT molecular complexity index is 699. The standard InChI is InChI=1S/C16H15N3S/c1-11-6-12(2)8-14(7-11)18-16-19-15(10-20-16)13-4-3-5-17-9-13/h3-10H,1-2H3,(H,18,19). The number of hydrogen-bond donors (Lipinski definition) is 1. The number of hydrogen-bond acceptors (Lipinski definition) is 4. The average Bonchev–Trinajstić information content (AvgIpc) is 2.87. The van der Waals surface area contributed by atoms with Crippen LogP contribution in [0, 0.1) is 13.8 Å². The molecule has 4 heteroatoms. The highest BCUT2D eigenvalue weighted by Gasteiger charge is 2.05. The third-order valence-corrected chi connectivity index (χ3v) is 3.69. The van der Waals surface area contributed by atoms with Crippen molar-refractivity contribution >= 4 is 22.2 Å². The Morgan fingerprint density at radius 2 is 1.90 bits per heavy atom. The van der Waals surface area contributed by atoms with Gasteiger partial charge in [-0.1, -0.05) is 6.07 Å². The summed E-state index contributed by atoms with van der Waals surface area (Å²) in [6.07, 6.45) is 3.60. The van der Waals surface area contributed by atoms with E-state index in [-0.39, 0.29) is 0 Å². The Hall–Kier alpha value is -2.20. The van der Waals surface area contributed by atoms with Crippen LogP contribution in [0.2, 0.25) is 0 Å². The molecule has 1 aromatic carbocycles. The van der Waals surface area contributed by atoms with Crippen molar-refractivity contribution in [2.75, 3.05) is 5.32 Å². The third-order valence-electron chi connectivity index (χ3n) is 2.93. The lowest BCUT2D eigenvalue weighted by Gasteiger charge is -2.05. The molecule has 0 radical (unpaired) electrons. The van der Waals surface area contributed by atoms with Gasteiger partial charge >= 0.3 is 0 Å². The van der Waals surface area contributed by atoms with Crippen LogP contribution in [0.4, 0.5) is 10.8 Å². The fraction of sp³-hybridized carbons (Fsp3) is 0.125. The average molecular weight is 281 g/mol. The molecule has 20 heavy (non-hydrogen) atoms. The SMILES string of the molecule is Cc1cc(C)cc(Nc2nc(-c3cccnc3)cs2)c1. The number of nitrogens with zero attached hydrogens (tertiary/aromatic N) is 2. The van der Waals surface area contributed by atoms with Gasteiger partial charge in [0.2, 0.25) is 0 Å². The summed E-state index contributed by atoms with van der Waals surface area (Å²) in [6, 6.07) is 10.3. The van der Waals surface area contributed by atoms with Crippen molar-refractivity contribution in [2.45, 2.75) is 13.8 Å². The Labute approximate surface area is 122 Å². The Kier molecular flexibility index (Phi) is 3.48. The molecular formula is C16H15N3S. The topological polar surface area (TPSA) is 37.8 Å². The third kappa shape index (κ3) is 2.86. The van der Waals surface area contributed by atoms with Gasteiger partial charge in [-0.2, -0.15) is 0 Å². The van der Waals surface area contributed by atoms with Crippen LogP contribution < -0.4 is 5.32 Å². The summed E-state index contributed by atoms with van der Waals surface area (Å²) in [5.74, 6) is 0. The fourth-order valence-electron chi connectivity index (χ4n) is 2.15. The molecule has 0 aliphatic heterocycles. The highest BCUT2D eigenvalue weighted by molar-refractivity contribution is 7.14. The molecule has 3 rings (SSSR count). The van der Waals surface area contributed by atoms with E-state index in [1.54, 1.807) is 17.5 Å². The molecule has 0 aliphatic carbocycles. The summed E-state index contributed by atoms with van der Waals surface area (Å²) in [4.78, 5) is 8.72. The summed E-state index contributed by atoms with van der Waals surface area (Å²) in [5, 5.41) is 6.30. The van der Waals surface area contributed by atoms with E-state index >= 15 is 0 Å². The van der Waals surface area contributed by atoms with Crippen LogP contribution in [0.15, 0.2) is 48.1 Å². The van der Waals surface area contributed by atoms with Gasteiger partial charge in [-0.25, -0.2) is 4.98 Å². The van der Waals surface area contributed by atoms with E-state index in [9.17, 15) is 0 Å². The number of aromatic nitrogens is 2. The van der Waals surface area contributed by atoms with E-state index in [4.69, 9.17) is 0 Å². The van der Waals surface area contributed by atoms with E-state index < -0.39 is 0 Å². The van der Waals surface area contributed by atoms with Crippen LogP contribution in [-0.4, -0.2) is 9.97 Å². The predicted molar refractivity (Wildman–Crippen MR) is 84.5 cm³/mol. The van der Waals surface area contributed by atoms with Gasteiger partial charge in [0.05, 0.1) is 5.69 Å². The zero-order valence-corrected chi connectivity index (χ0v) is 12.2. The number of anilines is 2. The van der Waals surface area contributed by atoms with Crippen molar-refractivity contribution in [3.8, 4) is 11.3 Å². The van der Waals surface area contributed by atoms with Gasteiger partial charge in [0.1, 0.15) is 0 Å². The molecule has 0 amide bonds.